The molecule has 1 aromatic heterocycles. The van der Waals surface area contributed by atoms with Crippen molar-refractivity contribution >= 4 is 11.6 Å². The summed E-state index contributed by atoms with van der Waals surface area (Å²) in [5.41, 5.74) is 3.27. The molecule has 0 atom stereocenters. The van der Waals surface area contributed by atoms with Crippen LogP contribution in [0.5, 0.6) is 0 Å². The Morgan fingerprint density at radius 3 is 2.80 bits per heavy atom. The maximum atomic E-state index is 11.7. The minimum absolute atomic E-state index is 0.0370. The number of pyridine rings is 1. The van der Waals surface area contributed by atoms with Gasteiger partial charge in [-0.2, -0.15) is 0 Å². The molecule has 0 saturated heterocycles. The summed E-state index contributed by atoms with van der Waals surface area (Å²) in [7, 11) is 0. The van der Waals surface area contributed by atoms with Gasteiger partial charge in [0.25, 0.3) is 0 Å². The van der Waals surface area contributed by atoms with E-state index in [-0.39, 0.29) is 5.91 Å². The molecule has 4 heteroatoms. The number of nitrogens with zero attached hydrogens (tertiary/aromatic N) is 1. The highest BCUT2D eigenvalue weighted by atomic mass is 16.1. The third-order valence-electron chi connectivity index (χ3n) is 3.03. The molecule has 2 rings (SSSR count). The number of benzene rings is 1. The maximum Gasteiger partial charge on any atom is 0.222 e. The van der Waals surface area contributed by atoms with Crippen LogP contribution < -0.4 is 10.6 Å². The van der Waals surface area contributed by atoms with Crippen molar-refractivity contribution in [2.75, 3.05) is 11.9 Å². The summed E-state index contributed by atoms with van der Waals surface area (Å²) in [4.78, 5) is 15.7. The molecule has 0 bridgehead atoms. The first-order valence-electron chi connectivity index (χ1n) is 6.71. The molecule has 1 aromatic carbocycles. The van der Waals surface area contributed by atoms with Crippen LogP contribution in [0, 0.1) is 6.92 Å². The molecule has 0 aliphatic heterocycles. The van der Waals surface area contributed by atoms with Crippen molar-refractivity contribution in [1.82, 2.24) is 10.3 Å². The SMILES string of the molecule is Cc1ccccc1NCCC(=O)NCc1cccnc1. The highest BCUT2D eigenvalue weighted by Crippen LogP contribution is 2.12. The number of anilines is 1. The van der Waals surface area contributed by atoms with Gasteiger partial charge in [-0.3, -0.25) is 9.78 Å². The molecule has 0 radical (unpaired) electrons. The highest BCUT2D eigenvalue weighted by Gasteiger charge is 2.02. The molecule has 4 nitrogen and oxygen atoms in total. The van der Waals surface area contributed by atoms with Crippen molar-refractivity contribution in [3.05, 3.63) is 59.9 Å². The molecule has 0 aliphatic rings. The first-order chi connectivity index (χ1) is 9.75. The van der Waals surface area contributed by atoms with Crippen LogP contribution in [-0.4, -0.2) is 17.4 Å². The van der Waals surface area contributed by atoms with Crippen LogP contribution in [-0.2, 0) is 11.3 Å². The normalized spacial score (nSPS) is 10.1. The molecule has 0 unspecified atom stereocenters. The molecule has 1 amide bonds. The number of aryl methyl sites for hydroxylation is 1. The number of para-hydroxylation sites is 1. The molecule has 0 aliphatic carbocycles. The van der Waals surface area contributed by atoms with E-state index in [1.54, 1.807) is 12.4 Å². The average molecular weight is 269 g/mol. The van der Waals surface area contributed by atoms with Crippen LogP contribution in [0.2, 0.25) is 0 Å². The minimum Gasteiger partial charge on any atom is -0.384 e. The fraction of sp³-hybridized carbons (Fsp3) is 0.250. The topological polar surface area (TPSA) is 54.0 Å². The summed E-state index contributed by atoms with van der Waals surface area (Å²) < 4.78 is 0. The van der Waals surface area contributed by atoms with E-state index in [1.165, 1.54) is 5.56 Å². The van der Waals surface area contributed by atoms with Gasteiger partial charge in [0.15, 0.2) is 0 Å². The maximum absolute atomic E-state index is 11.7. The molecule has 20 heavy (non-hydrogen) atoms. The van der Waals surface area contributed by atoms with Gasteiger partial charge in [-0.25, -0.2) is 0 Å². The first-order valence-corrected chi connectivity index (χ1v) is 6.71. The summed E-state index contributed by atoms with van der Waals surface area (Å²) in [5, 5.41) is 6.15. The summed E-state index contributed by atoms with van der Waals surface area (Å²) >= 11 is 0. The average Bonchev–Trinajstić information content (AvgIpc) is 2.48. The summed E-state index contributed by atoms with van der Waals surface area (Å²) in [6.45, 7) is 3.20. The van der Waals surface area contributed by atoms with Gasteiger partial charge in [0.05, 0.1) is 0 Å². The second-order valence-corrected chi connectivity index (χ2v) is 4.63. The number of hydrogen-bond donors (Lipinski definition) is 2. The molecular weight excluding hydrogens is 250 g/mol. The predicted molar refractivity (Wildman–Crippen MR) is 80.4 cm³/mol. The van der Waals surface area contributed by atoms with Crippen LogP contribution in [0.1, 0.15) is 17.5 Å². The smallest absolute Gasteiger partial charge is 0.222 e. The van der Waals surface area contributed by atoms with E-state index in [0.717, 1.165) is 11.3 Å². The third kappa shape index (κ3) is 4.39. The van der Waals surface area contributed by atoms with Gasteiger partial charge in [-0.1, -0.05) is 24.3 Å². The van der Waals surface area contributed by atoms with Gasteiger partial charge in [0.2, 0.25) is 5.91 Å². The monoisotopic (exact) mass is 269 g/mol. The number of carbonyl (C=O) groups is 1. The Hall–Kier alpha value is -2.36. The fourth-order valence-electron chi connectivity index (χ4n) is 1.87. The first kappa shape index (κ1) is 14.1. The quantitative estimate of drug-likeness (QED) is 0.847. The standard InChI is InChI=1S/C16H19N3O/c1-13-5-2-3-7-15(13)18-10-8-16(20)19-12-14-6-4-9-17-11-14/h2-7,9,11,18H,8,10,12H2,1H3,(H,19,20). The number of rotatable bonds is 6. The van der Waals surface area contributed by atoms with Crippen molar-refractivity contribution < 1.29 is 4.79 Å². The lowest BCUT2D eigenvalue weighted by Crippen LogP contribution is -2.25. The molecule has 0 saturated carbocycles. The van der Waals surface area contributed by atoms with E-state index in [4.69, 9.17) is 0 Å². The number of hydrogen-bond acceptors (Lipinski definition) is 3. The Labute approximate surface area is 119 Å². The number of carbonyl (C=O) groups excluding carboxylic acids is 1. The fourth-order valence-corrected chi connectivity index (χ4v) is 1.87. The van der Waals surface area contributed by atoms with Gasteiger partial charge >= 0.3 is 0 Å². The Balaban J connectivity index is 1.69. The van der Waals surface area contributed by atoms with E-state index in [2.05, 4.69) is 15.6 Å². The van der Waals surface area contributed by atoms with E-state index < -0.39 is 0 Å². The zero-order chi connectivity index (χ0) is 14.2. The number of aromatic nitrogens is 1. The van der Waals surface area contributed by atoms with Crippen molar-refractivity contribution in [1.29, 1.82) is 0 Å². The van der Waals surface area contributed by atoms with Gasteiger partial charge in [0.1, 0.15) is 0 Å². The molecule has 2 N–H and O–H groups in total. The zero-order valence-corrected chi connectivity index (χ0v) is 11.6. The molecule has 1 heterocycles. The zero-order valence-electron chi connectivity index (χ0n) is 11.6. The van der Waals surface area contributed by atoms with Crippen molar-refractivity contribution in [2.45, 2.75) is 19.9 Å². The Morgan fingerprint density at radius 1 is 1.20 bits per heavy atom. The van der Waals surface area contributed by atoms with Crippen molar-refractivity contribution in [3.63, 3.8) is 0 Å². The van der Waals surface area contributed by atoms with E-state index in [0.29, 0.717) is 19.5 Å². The van der Waals surface area contributed by atoms with Crippen LogP contribution in [0.25, 0.3) is 0 Å². The second-order valence-electron chi connectivity index (χ2n) is 4.63. The van der Waals surface area contributed by atoms with Gasteiger partial charge in [-0.05, 0) is 30.2 Å². The van der Waals surface area contributed by atoms with Gasteiger partial charge in [-0.15, -0.1) is 0 Å². The van der Waals surface area contributed by atoms with E-state index >= 15 is 0 Å². The summed E-state index contributed by atoms with van der Waals surface area (Å²) in [6, 6.07) is 11.9. The molecule has 2 aromatic rings. The van der Waals surface area contributed by atoms with Crippen LogP contribution in [0.4, 0.5) is 5.69 Å². The Bertz CT molecular complexity index is 555. The lowest BCUT2D eigenvalue weighted by molar-refractivity contribution is -0.121. The number of amides is 1. The predicted octanol–water partition coefficient (Wildman–Crippen LogP) is 2.51. The summed E-state index contributed by atoms with van der Waals surface area (Å²) in [6.07, 6.45) is 3.93. The van der Waals surface area contributed by atoms with Crippen LogP contribution >= 0.6 is 0 Å². The van der Waals surface area contributed by atoms with E-state index in [1.807, 2.05) is 43.3 Å². The Morgan fingerprint density at radius 2 is 2.05 bits per heavy atom. The highest BCUT2D eigenvalue weighted by molar-refractivity contribution is 5.76. The van der Waals surface area contributed by atoms with Gasteiger partial charge < -0.3 is 10.6 Å². The molecule has 104 valence electrons. The van der Waals surface area contributed by atoms with Crippen molar-refractivity contribution in [3.8, 4) is 0 Å². The molecule has 0 fully saturated rings. The third-order valence-corrected chi connectivity index (χ3v) is 3.03. The second kappa shape index (κ2) is 7.28. The van der Waals surface area contributed by atoms with Crippen molar-refractivity contribution in [2.24, 2.45) is 0 Å². The number of nitrogens with one attached hydrogen (secondary N) is 2. The largest absolute Gasteiger partial charge is 0.384 e. The van der Waals surface area contributed by atoms with E-state index in [9.17, 15) is 4.79 Å². The lowest BCUT2D eigenvalue weighted by Gasteiger charge is -2.09. The Kier molecular flexibility index (Phi) is 5.12. The molecule has 0 spiro atoms. The lowest BCUT2D eigenvalue weighted by atomic mass is 10.2. The van der Waals surface area contributed by atoms with Gasteiger partial charge in [0, 0.05) is 37.6 Å². The summed E-state index contributed by atoms with van der Waals surface area (Å²) in [5.74, 6) is 0.0370. The van der Waals surface area contributed by atoms with Crippen LogP contribution in [0.3, 0.4) is 0 Å². The molecular formula is C16H19N3O. The minimum atomic E-state index is 0.0370. The van der Waals surface area contributed by atoms with Crippen LogP contribution in [0.15, 0.2) is 48.8 Å².